The van der Waals surface area contributed by atoms with Crippen molar-refractivity contribution in [3.05, 3.63) is 66.4 Å². The molecule has 0 amide bonds. The average Bonchev–Trinajstić information content (AvgIpc) is 2.96. The first kappa shape index (κ1) is 13.3. The Labute approximate surface area is 123 Å². The first-order valence-electron chi connectivity index (χ1n) is 6.85. The minimum atomic E-state index is -0.796. The number of nitrogens with one attached hydrogen (secondary N) is 1. The van der Waals surface area contributed by atoms with E-state index in [1.807, 2.05) is 72.5 Å². The van der Waals surface area contributed by atoms with Gasteiger partial charge in [-0.1, -0.05) is 48.5 Å². The lowest BCUT2D eigenvalue weighted by atomic mass is 9.91. The van der Waals surface area contributed by atoms with Crippen molar-refractivity contribution in [3.8, 4) is 6.07 Å². The quantitative estimate of drug-likeness (QED) is 0.797. The number of hydrogen-bond donors (Lipinski definition) is 1. The van der Waals surface area contributed by atoms with Crippen molar-refractivity contribution in [1.82, 2.24) is 15.1 Å². The summed E-state index contributed by atoms with van der Waals surface area (Å²) in [5.41, 5.74) is 1.17. The predicted octanol–water partition coefficient (Wildman–Crippen LogP) is 2.67. The van der Waals surface area contributed by atoms with E-state index in [2.05, 4.69) is 16.5 Å². The Morgan fingerprint density at radius 3 is 2.57 bits per heavy atom. The summed E-state index contributed by atoms with van der Waals surface area (Å²) >= 11 is 0. The van der Waals surface area contributed by atoms with Crippen LogP contribution in [0.15, 0.2) is 60.8 Å². The van der Waals surface area contributed by atoms with Crippen LogP contribution < -0.4 is 5.32 Å². The summed E-state index contributed by atoms with van der Waals surface area (Å²) in [6.45, 7) is 0.456. The number of rotatable bonds is 4. The molecule has 3 rings (SSSR count). The van der Waals surface area contributed by atoms with Gasteiger partial charge in [0.2, 0.25) is 0 Å². The van der Waals surface area contributed by atoms with E-state index in [4.69, 9.17) is 0 Å². The first-order valence-corrected chi connectivity index (χ1v) is 6.85. The molecule has 104 valence electrons. The zero-order chi connectivity index (χ0) is 14.7. The van der Waals surface area contributed by atoms with E-state index in [0.717, 1.165) is 16.5 Å². The summed E-state index contributed by atoms with van der Waals surface area (Å²) in [6, 6.07) is 20.2. The molecule has 1 unspecified atom stereocenters. The Morgan fingerprint density at radius 2 is 1.86 bits per heavy atom. The van der Waals surface area contributed by atoms with Crippen molar-refractivity contribution in [3.63, 3.8) is 0 Å². The third-order valence-electron chi connectivity index (χ3n) is 3.82. The van der Waals surface area contributed by atoms with Crippen molar-refractivity contribution >= 4 is 10.9 Å². The second-order valence-electron chi connectivity index (χ2n) is 4.99. The van der Waals surface area contributed by atoms with Gasteiger partial charge in [-0.25, -0.2) is 0 Å². The van der Waals surface area contributed by atoms with Crippen molar-refractivity contribution in [2.75, 3.05) is 7.05 Å². The highest BCUT2D eigenvalue weighted by Crippen LogP contribution is 2.24. The van der Waals surface area contributed by atoms with Crippen LogP contribution in [-0.4, -0.2) is 16.8 Å². The standard InChI is InChI=1S/C17H16N4/c1-19-17(12-18,15-8-3-2-4-9-15)13-21-16-10-6-5-7-14(16)11-20-21/h2-11,19H,13H2,1H3. The molecule has 3 aromatic rings. The van der Waals surface area contributed by atoms with Crippen LogP contribution in [0.5, 0.6) is 0 Å². The number of benzene rings is 2. The molecule has 1 heterocycles. The first-order chi connectivity index (χ1) is 10.3. The molecule has 0 radical (unpaired) electrons. The minimum Gasteiger partial charge on any atom is -0.297 e. The monoisotopic (exact) mass is 276 g/mol. The molecule has 0 fully saturated rings. The molecular formula is C17H16N4. The molecule has 4 nitrogen and oxygen atoms in total. The lowest BCUT2D eigenvalue weighted by molar-refractivity contribution is 0.383. The molecule has 0 spiro atoms. The highest BCUT2D eigenvalue weighted by Gasteiger charge is 2.31. The van der Waals surface area contributed by atoms with E-state index >= 15 is 0 Å². The Bertz CT molecular complexity index is 785. The van der Waals surface area contributed by atoms with Crippen LogP contribution in [0.25, 0.3) is 10.9 Å². The van der Waals surface area contributed by atoms with Crippen LogP contribution in [-0.2, 0) is 12.1 Å². The van der Waals surface area contributed by atoms with Gasteiger partial charge in [0.1, 0.15) is 0 Å². The molecule has 0 aliphatic rings. The zero-order valence-electron chi connectivity index (χ0n) is 11.8. The predicted molar refractivity (Wildman–Crippen MR) is 82.5 cm³/mol. The van der Waals surface area contributed by atoms with Gasteiger partial charge < -0.3 is 0 Å². The van der Waals surface area contributed by atoms with E-state index in [1.54, 1.807) is 0 Å². The molecule has 4 heteroatoms. The fourth-order valence-electron chi connectivity index (χ4n) is 2.57. The maximum Gasteiger partial charge on any atom is 0.151 e. The van der Waals surface area contributed by atoms with Gasteiger partial charge in [0.25, 0.3) is 0 Å². The molecule has 2 aromatic carbocycles. The van der Waals surface area contributed by atoms with Gasteiger partial charge in [-0.15, -0.1) is 0 Å². The van der Waals surface area contributed by atoms with Crippen LogP contribution in [0.3, 0.4) is 0 Å². The van der Waals surface area contributed by atoms with Crippen molar-refractivity contribution in [2.45, 2.75) is 12.1 Å². The van der Waals surface area contributed by atoms with E-state index < -0.39 is 5.54 Å². The van der Waals surface area contributed by atoms with Crippen molar-refractivity contribution in [1.29, 1.82) is 5.26 Å². The van der Waals surface area contributed by atoms with E-state index in [1.165, 1.54) is 0 Å². The van der Waals surface area contributed by atoms with Gasteiger partial charge >= 0.3 is 0 Å². The number of para-hydroxylation sites is 1. The topological polar surface area (TPSA) is 53.6 Å². The summed E-state index contributed by atoms with van der Waals surface area (Å²) in [5, 5.41) is 18.4. The highest BCUT2D eigenvalue weighted by atomic mass is 15.3. The zero-order valence-corrected chi connectivity index (χ0v) is 11.8. The average molecular weight is 276 g/mol. The number of aromatic nitrogens is 2. The smallest absolute Gasteiger partial charge is 0.151 e. The van der Waals surface area contributed by atoms with Gasteiger partial charge in [0.15, 0.2) is 5.54 Å². The summed E-state index contributed by atoms with van der Waals surface area (Å²) < 4.78 is 1.88. The molecule has 21 heavy (non-hydrogen) atoms. The number of nitriles is 1. The fourth-order valence-corrected chi connectivity index (χ4v) is 2.57. The molecule has 1 aromatic heterocycles. The summed E-state index contributed by atoms with van der Waals surface area (Å²) in [6.07, 6.45) is 1.83. The summed E-state index contributed by atoms with van der Waals surface area (Å²) in [5.74, 6) is 0. The molecular weight excluding hydrogens is 260 g/mol. The van der Waals surface area contributed by atoms with Crippen LogP contribution in [0.1, 0.15) is 5.56 Å². The highest BCUT2D eigenvalue weighted by molar-refractivity contribution is 5.78. The maximum absolute atomic E-state index is 9.75. The molecule has 0 aliphatic heterocycles. The Morgan fingerprint density at radius 1 is 1.14 bits per heavy atom. The van der Waals surface area contributed by atoms with Crippen LogP contribution in [0.4, 0.5) is 0 Å². The van der Waals surface area contributed by atoms with E-state index in [-0.39, 0.29) is 0 Å². The van der Waals surface area contributed by atoms with Gasteiger partial charge in [-0.05, 0) is 18.7 Å². The number of fused-ring (bicyclic) bond motifs is 1. The number of hydrogen-bond acceptors (Lipinski definition) is 3. The number of likely N-dealkylation sites (N-methyl/N-ethyl adjacent to an activating group) is 1. The van der Waals surface area contributed by atoms with E-state index in [0.29, 0.717) is 6.54 Å². The number of nitrogens with zero attached hydrogens (tertiary/aromatic N) is 3. The molecule has 0 bridgehead atoms. The van der Waals surface area contributed by atoms with Gasteiger partial charge in [-0.2, -0.15) is 10.4 Å². The lowest BCUT2D eigenvalue weighted by Gasteiger charge is -2.27. The van der Waals surface area contributed by atoms with Crippen LogP contribution >= 0.6 is 0 Å². The normalized spacial score (nSPS) is 13.7. The molecule has 0 saturated heterocycles. The third-order valence-corrected chi connectivity index (χ3v) is 3.82. The SMILES string of the molecule is CNC(C#N)(Cn1ncc2ccccc21)c1ccccc1. The van der Waals surface area contributed by atoms with Crippen molar-refractivity contribution in [2.24, 2.45) is 0 Å². The molecule has 1 N–H and O–H groups in total. The second-order valence-corrected chi connectivity index (χ2v) is 4.99. The minimum absolute atomic E-state index is 0.456. The molecule has 0 saturated carbocycles. The van der Waals surface area contributed by atoms with Gasteiger partial charge in [0, 0.05) is 5.39 Å². The van der Waals surface area contributed by atoms with Crippen LogP contribution in [0.2, 0.25) is 0 Å². The van der Waals surface area contributed by atoms with Crippen LogP contribution in [0, 0.1) is 11.3 Å². The lowest BCUT2D eigenvalue weighted by Crippen LogP contribution is -2.42. The Hall–Kier alpha value is -2.64. The molecule has 1 atom stereocenters. The second kappa shape index (κ2) is 5.39. The van der Waals surface area contributed by atoms with Crippen molar-refractivity contribution < 1.29 is 0 Å². The fraction of sp³-hybridized carbons (Fsp3) is 0.176. The van der Waals surface area contributed by atoms with E-state index in [9.17, 15) is 5.26 Å². The largest absolute Gasteiger partial charge is 0.297 e. The summed E-state index contributed by atoms with van der Waals surface area (Å²) in [7, 11) is 1.81. The summed E-state index contributed by atoms with van der Waals surface area (Å²) in [4.78, 5) is 0. The Kier molecular flexibility index (Phi) is 3.43. The molecule has 0 aliphatic carbocycles. The third kappa shape index (κ3) is 2.28. The van der Waals surface area contributed by atoms with Gasteiger partial charge in [-0.3, -0.25) is 10.00 Å². The Balaban J connectivity index is 2.06. The maximum atomic E-state index is 9.75. The van der Waals surface area contributed by atoms with Gasteiger partial charge in [0.05, 0.1) is 24.3 Å².